The van der Waals surface area contributed by atoms with Crippen LogP contribution in [0.25, 0.3) is 0 Å². The summed E-state index contributed by atoms with van der Waals surface area (Å²) in [6.45, 7) is 2.02. The summed E-state index contributed by atoms with van der Waals surface area (Å²) in [5, 5.41) is 6.81. The van der Waals surface area contributed by atoms with Crippen molar-refractivity contribution in [2.75, 3.05) is 5.32 Å². The van der Waals surface area contributed by atoms with Crippen molar-refractivity contribution in [3.05, 3.63) is 64.0 Å². The number of benzene rings is 1. The van der Waals surface area contributed by atoms with Gasteiger partial charge in [0.25, 0.3) is 10.0 Å². The van der Waals surface area contributed by atoms with Gasteiger partial charge in [-0.25, -0.2) is 13.4 Å². The minimum atomic E-state index is -3.77. The largest absolute Gasteiger partial charge is 0.301 e. The number of thiophene rings is 1. The molecule has 140 valence electrons. The summed E-state index contributed by atoms with van der Waals surface area (Å²) >= 11 is 2.48. The fourth-order valence-corrected chi connectivity index (χ4v) is 6.48. The van der Waals surface area contributed by atoms with E-state index >= 15 is 0 Å². The van der Waals surface area contributed by atoms with Gasteiger partial charge in [-0.3, -0.25) is 4.79 Å². The third-order valence-electron chi connectivity index (χ3n) is 4.42. The second-order valence-electron chi connectivity index (χ2n) is 6.25. The van der Waals surface area contributed by atoms with E-state index in [1.54, 1.807) is 17.5 Å². The lowest BCUT2D eigenvalue weighted by Crippen LogP contribution is -2.50. The van der Waals surface area contributed by atoms with Crippen LogP contribution in [-0.2, 0) is 27.8 Å². The molecule has 0 unspecified atom stereocenters. The highest BCUT2D eigenvalue weighted by molar-refractivity contribution is 7.91. The number of nitrogens with one attached hydrogen (secondary N) is 1. The molecule has 0 bridgehead atoms. The number of carbonyl (C=O) groups is 1. The van der Waals surface area contributed by atoms with Crippen molar-refractivity contribution in [3.8, 4) is 0 Å². The summed E-state index contributed by atoms with van der Waals surface area (Å²) in [6.07, 6.45) is 0.330. The summed E-state index contributed by atoms with van der Waals surface area (Å²) in [5.74, 6) is -0.362. The number of rotatable bonds is 4. The number of anilines is 1. The third-order valence-corrected chi connectivity index (χ3v) is 8.52. The molecule has 1 amide bonds. The monoisotopic (exact) mass is 419 g/mol. The van der Waals surface area contributed by atoms with Crippen LogP contribution < -0.4 is 5.32 Å². The van der Waals surface area contributed by atoms with Gasteiger partial charge in [0, 0.05) is 11.9 Å². The van der Waals surface area contributed by atoms with Crippen molar-refractivity contribution >= 4 is 43.7 Å². The molecule has 0 fully saturated rings. The zero-order valence-corrected chi connectivity index (χ0v) is 16.9. The molecule has 27 heavy (non-hydrogen) atoms. The smallest absolute Gasteiger partial charge is 0.253 e. The van der Waals surface area contributed by atoms with Gasteiger partial charge in [0.2, 0.25) is 5.91 Å². The quantitative estimate of drug-likeness (QED) is 0.704. The van der Waals surface area contributed by atoms with Gasteiger partial charge in [-0.15, -0.1) is 22.7 Å². The normalized spacial score (nSPS) is 17.4. The van der Waals surface area contributed by atoms with Crippen LogP contribution in [-0.4, -0.2) is 29.7 Å². The van der Waals surface area contributed by atoms with Gasteiger partial charge in [0.15, 0.2) is 5.13 Å². The average Bonchev–Trinajstić information content (AvgIpc) is 3.33. The highest BCUT2D eigenvalue weighted by Gasteiger charge is 2.40. The maximum absolute atomic E-state index is 13.2. The Balaban J connectivity index is 1.70. The molecule has 1 aliphatic rings. The molecular weight excluding hydrogens is 402 g/mol. The number of thiazole rings is 1. The van der Waals surface area contributed by atoms with Gasteiger partial charge in [-0.05, 0) is 35.9 Å². The van der Waals surface area contributed by atoms with Gasteiger partial charge in [-0.2, -0.15) is 4.31 Å². The summed E-state index contributed by atoms with van der Waals surface area (Å²) in [5.41, 5.74) is 2.73. The van der Waals surface area contributed by atoms with Crippen LogP contribution >= 0.6 is 22.7 Å². The molecule has 0 spiro atoms. The number of carbonyl (C=O) groups excluding carboxylic acids is 1. The predicted octanol–water partition coefficient (Wildman–Crippen LogP) is 3.27. The van der Waals surface area contributed by atoms with Crippen LogP contribution in [0, 0.1) is 6.92 Å². The summed E-state index contributed by atoms with van der Waals surface area (Å²) in [6, 6.07) is 10.1. The van der Waals surface area contributed by atoms with E-state index in [-0.39, 0.29) is 16.7 Å². The average molecular weight is 420 g/mol. The van der Waals surface area contributed by atoms with Gasteiger partial charge in [0.05, 0.1) is 5.69 Å². The number of fused-ring (bicyclic) bond motifs is 1. The first kappa shape index (κ1) is 18.3. The van der Waals surface area contributed by atoms with Crippen LogP contribution in [0.1, 0.15) is 16.8 Å². The molecule has 3 heterocycles. The molecule has 1 N–H and O–H groups in total. The van der Waals surface area contributed by atoms with Crippen LogP contribution in [0.15, 0.2) is 51.4 Å². The van der Waals surface area contributed by atoms with Crippen LogP contribution in [0.4, 0.5) is 5.13 Å². The Hall–Kier alpha value is -2.07. The Kier molecular flexibility index (Phi) is 4.85. The van der Waals surface area contributed by atoms with Crippen molar-refractivity contribution in [1.29, 1.82) is 0 Å². The fourth-order valence-electron chi connectivity index (χ4n) is 3.10. The fraction of sp³-hybridized carbons (Fsp3) is 0.222. The van der Waals surface area contributed by atoms with Gasteiger partial charge in [-0.1, -0.05) is 30.3 Å². The lowest BCUT2D eigenvalue weighted by atomic mass is 9.95. The van der Waals surface area contributed by atoms with E-state index in [2.05, 4.69) is 10.3 Å². The molecule has 2 aromatic heterocycles. The van der Waals surface area contributed by atoms with Crippen LogP contribution in [0.5, 0.6) is 0 Å². The van der Waals surface area contributed by atoms with E-state index in [0.717, 1.165) is 28.2 Å². The molecule has 0 saturated heterocycles. The van der Waals surface area contributed by atoms with Gasteiger partial charge < -0.3 is 5.32 Å². The Morgan fingerprint density at radius 3 is 2.63 bits per heavy atom. The van der Waals surface area contributed by atoms with E-state index in [4.69, 9.17) is 0 Å². The predicted molar refractivity (Wildman–Crippen MR) is 106 cm³/mol. The van der Waals surface area contributed by atoms with Crippen molar-refractivity contribution in [2.24, 2.45) is 0 Å². The Morgan fingerprint density at radius 1 is 1.19 bits per heavy atom. The van der Waals surface area contributed by atoms with Crippen LogP contribution in [0.3, 0.4) is 0 Å². The molecule has 1 atom stereocenters. The molecule has 0 saturated carbocycles. The second-order valence-corrected chi connectivity index (χ2v) is 10.2. The zero-order chi connectivity index (χ0) is 19.0. The maximum atomic E-state index is 13.2. The number of sulfonamides is 1. The van der Waals surface area contributed by atoms with Crippen molar-refractivity contribution in [2.45, 2.75) is 30.1 Å². The molecule has 6 nitrogen and oxygen atoms in total. The first-order chi connectivity index (χ1) is 12.9. The van der Waals surface area contributed by atoms with Crippen molar-refractivity contribution < 1.29 is 13.2 Å². The van der Waals surface area contributed by atoms with Gasteiger partial charge in [0.1, 0.15) is 10.3 Å². The summed E-state index contributed by atoms with van der Waals surface area (Å²) < 4.78 is 27.9. The number of nitrogens with zero attached hydrogens (tertiary/aromatic N) is 2. The Bertz CT molecular complexity index is 1070. The van der Waals surface area contributed by atoms with Crippen LogP contribution in [0.2, 0.25) is 0 Å². The minimum absolute atomic E-state index is 0.172. The molecular formula is C18H17N3O3S3. The summed E-state index contributed by atoms with van der Waals surface area (Å²) in [4.78, 5) is 17.2. The first-order valence-corrected chi connectivity index (χ1v) is 11.5. The number of aryl methyl sites for hydroxylation is 1. The van der Waals surface area contributed by atoms with Crippen molar-refractivity contribution in [1.82, 2.24) is 9.29 Å². The Labute approximate surface area is 165 Å². The van der Waals surface area contributed by atoms with Crippen molar-refractivity contribution in [3.63, 3.8) is 0 Å². The number of hydrogen-bond donors (Lipinski definition) is 1. The lowest BCUT2D eigenvalue weighted by molar-refractivity contribution is -0.120. The molecule has 3 aromatic rings. The lowest BCUT2D eigenvalue weighted by Gasteiger charge is -2.34. The van der Waals surface area contributed by atoms with Gasteiger partial charge >= 0.3 is 0 Å². The maximum Gasteiger partial charge on any atom is 0.253 e. The molecule has 0 aliphatic carbocycles. The number of aromatic nitrogens is 1. The van der Waals surface area contributed by atoms with E-state index in [1.165, 1.54) is 15.6 Å². The molecule has 9 heteroatoms. The van der Waals surface area contributed by atoms with E-state index in [9.17, 15) is 13.2 Å². The van der Waals surface area contributed by atoms with E-state index < -0.39 is 16.1 Å². The Morgan fingerprint density at radius 2 is 1.96 bits per heavy atom. The second kappa shape index (κ2) is 7.16. The third kappa shape index (κ3) is 3.55. The highest BCUT2D eigenvalue weighted by atomic mass is 32.2. The zero-order valence-electron chi connectivity index (χ0n) is 14.5. The minimum Gasteiger partial charge on any atom is -0.301 e. The number of hydrogen-bond acceptors (Lipinski definition) is 6. The summed E-state index contributed by atoms with van der Waals surface area (Å²) in [7, 11) is -3.77. The van der Waals surface area contributed by atoms with E-state index in [0.29, 0.717) is 11.6 Å². The van der Waals surface area contributed by atoms with E-state index in [1.807, 2.05) is 36.6 Å². The molecule has 1 aromatic carbocycles. The molecule has 4 rings (SSSR count). The molecule has 0 radical (unpaired) electrons. The highest BCUT2D eigenvalue weighted by Crippen LogP contribution is 2.31. The topological polar surface area (TPSA) is 79.4 Å². The standard InChI is InChI=1S/C18H17N3O3S3/c1-12-11-26-18(19-12)20-17(22)15-9-13-5-2-3-6-14(13)10-21(15)27(23,24)16-7-4-8-25-16/h2-8,11,15H,9-10H2,1H3,(H,19,20,22)/t15-/m0/s1. The first-order valence-electron chi connectivity index (χ1n) is 8.30. The SMILES string of the molecule is Cc1csc(NC(=O)[C@@H]2Cc3ccccc3CN2S(=O)(=O)c2cccs2)n1. The number of amides is 1. The molecule has 1 aliphatic heterocycles.